The van der Waals surface area contributed by atoms with Gasteiger partial charge in [-0.3, -0.25) is 9.48 Å². The molecule has 7 heteroatoms. The number of benzene rings is 1. The molecule has 0 bridgehead atoms. The fourth-order valence-corrected chi connectivity index (χ4v) is 2.93. The largest absolute Gasteiger partial charge is 0.379 e. The van der Waals surface area contributed by atoms with Gasteiger partial charge in [-0.1, -0.05) is 23.4 Å². The lowest BCUT2D eigenvalue weighted by Crippen LogP contribution is -2.40. The molecule has 25 heavy (non-hydrogen) atoms. The first-order valence-corrected chi connectivity index (χ1v) is 8.21. The molecule has 0 radical (unpaired) electrons. The Morgan fingerprint density at radius 1 is 1.40 bits per heavy atom. The summed E-state index contributed by atoms with van der Waals surface area (Å²) in [5, 5.41) is 11.2. The summed E-state index contributed by atoms with van der Waals surface area (Å²) in [6, 6.07) is 6.32. The molecule has 1 amide bonds. The summed E-state index contributed by atoms with van der Waals surface area (Å²) in [6.45, 7) is 8.10. The summed E-state index contributed by atoms with van der Waals surface area (Å²) in [5.74, 6) is -0.713. The normalized spacial score (nSPS) is 19.5. The number of nitrogens with zero attached hydrogens (tertiary/aromatic N) is 3. The number of carbonyl (C=O) groups is 1. The van der Waals surface area contributed by atoms with Crippen molar-refractivity contribution in [1.29, 1.82) is 0 Å². The van der Waals surface area contributed by atoms with Crippen LogP contribution in [0.15, 0.2) is 29.4 Å². The Kier molecular flexibility index (Phi) is 4.32. The third-order valence-electron chi connectivity index (χ3n) is 4.45. The Hall–Kier alpha value is -2.70. The lowest BCUT2D eigenvalue weighted by Gasteiger charge is -2.20. The number of rotatable bonds is 4. The molecule has 2 heterocycles. The number of carbonyl (C=O) groups excluding carboxylic acids is 1. The van der Waals surface area contributed by atoms with E-state index in [2.05, 4.69) is 15.6 Å². The van der Waals surface area contributed by atoms with Crippen LogP contribution in [0.1, 0.15) is 37.2 Å². The van der Waals surface area contributed by atoms with Gasteiger partial charge in [-0.05, 0) is 33.8 Å². The zero-order chi connectivity index (χ0) is 18.2. The fraction of sp³-hybridized carbons (Fsp3) is 0.389. The van der Waals surface area contributed by atoms with E-state index in [1.807, 2.05) is 25.5 Å². The van der Waals surface area contributed by atoms with E-state index < -0.39 is 5.60 Å². The average Bonchev–Trinajstić information content (AvgIpc) is 3.11. The van der Waals surface area contributed by atoms with Crippen molar-refractivity contribution in [2.75, 3.05) is 5.32 Å². The Morgan fingerprint density at radius 3 is 2.76 bits per heavy atom. The number of aryl methyl sites for hydroxylation is 2. The summed E-state index contributed by atoms with van der Waals surface area (Å²) in [4.78, 5) is 18.2. The molecule has 6 nitrogen and oxygen atoms in total. The first-order valence-electron chi connectivity index (χ1n) is 8.21. The van der Waals surface area contributed by atoms with Gasteiger partial charge in [0.1, 0.15) is 5.82 Å². The molecular weight excluding hydrogens is 323 g/mol. The molecule has 0 fully saturated rings. The molecule has 0 saturated heterocycles. The molecule has 1 atom stereocenters. The maximum atomic E-state index is 13.9. The molecule has 0 saturated carbocycles. The number of amides is 1. The summed E-state index contributed by atoms with van der Waals surface area (Å²) in [7, 11) is 0. The highest BCUT2D eigenvalue weighted by Crippen LogP contribution is 2.30. The number of nitrogens with one attached hydrogen (secondary N) is 1. The van der Waals surface area contributed by atoms with Crippen LogP contribution in [0.2, 0.25) is 0 Å². The topological polar surface area (TPSA) is 68.5 Å². The molecule has 0 spiro atoms. The predicted molar refractivity (Wildman–Crippen MR) is 93.0 cm³/mol. The molecule has 1 aromatic carbocycles. The molecule has 3 rings (SSSR count). The highest BCUT2D eigenvalue weighted by Gasteiger charge is 2.43. The number of oxime groups is 1. The van der Waals surface area contributed by atoms with E-state index in [0.717, 1.165) is 17.9 Å². The van der Waals surface area contributed by atoms with Gasteiger partial charge in [0.25, 0.3) is 5.91 Å². The minimum atomic E-state index is -1.19. The van der Waals surface area contributed by atoms with E-state index in [9.17, 15) is 9.18 Å². The van der Waals surface area contributed by atoms with Crippen molar-refractivity contribution >= 4 is 17.3 Å². The van der Waals surface area contributed by atoms with Crippen molar-refractivity contribution in [3.63, 3.8) is 0 Å². The molecule has 2 aromatic rings. The third-order valence-corrected chi connectivity index (χ3v) is 4.45. The Morgan fingerprint density at radius 2 is 2.12 bits per heavy atom. The van der Waals surface area contributed by atoms with E-state index in [1.54, 1.807) is 25.1 Å². The van der Waals surface area contributed by atoms with Crippen LogP contribution in [0, 0.1) is 19.7 Å². The van der Waals surface area contributed by atoms with E-state index in [1.165, 1.54) is 6.07 Å². The number of halogens is 1. The van der Waals surface area contributed by atoms with E-state index in [4.69, 9.17) is 4.84 Å². The Labute approximate surface area is 145 Å². The lowest BCUT2D eigenvalue weighted by molar-refractivity contribution is -0.135. The van der Waals surface area contributed by atoms with E-state index in [-0.39, 0.29) is 18.1 Å². The standard InChI is InChI=1S/C18H21FN4O2/c1-5-23-12(3)16(11(2)21-23)20-17(24)18(4)10-15(22-25-18)13-8-6-7-9-14(13)19/h6-9H,5,10H2,1-4H3,(H,20,24). The molecule has 1 aliphatic heterocycles. The van der Waals surface area contributed by atoms with E-state index in [0.29, 0.717) is 17.0 Å². The SMILES string of the molecule is CCn1nc(C)c(NC(=O)C2(C)CC(c3ccccc3F)=NO2)c1C. The van der Waals surface area contributed by atoms with Crippen LogP contribution in [0.25, 0.3) is 0 Å². The van der Waals surface area contributed by atoms with Gasteiger partial charge in [0, 0.05) is 18.5 Å². The van der Waals surface area contributed by atoms with Gasteiger partial charge in [0.15, 0.2) is 0 Å². The van der Waals surface area contributed by atoms with Crippen LogP contribution in [0.3, 0.4) is 0 Å². The first-order chi connectivity index (χ1) is 11.9. The summed E-state index contributed by atoms with van der Waals surface area (Å²) >= 11 is 0. The Bertz CT molecular complexity index is 859. The maximum Gasteiger partial charge on any atom is 0.271 e. The van der Waals surface area contributed by atoms with Gasteiger partial charge < -0.3 is 10.2 Å². The van der Waals surface area contributed by atoms with Gasteiger partial charge in [-0.2, -0.15) is 5.10 Å². The van der Waals surface area contributed by atoms with Crippen molar-refractivity contribution < 1.29 is 14.0 Å². The van der Waals surface area contributed by atoms with Crippen LogP contribution in [0.5, 0.6) is 0 Å². The van der Waals surface area contributed by atoms with Crippen LogP contribution < -0.4 is 5.32 Å². The zero-order valence-electron chi connectivity index (χ0n) is 14.8. The van der Waals surface area contributed by atoms with Gasteiger partial charge in [-0.15, -0.1) is 0 Å². The molecule has 132 valence electrons. The quantitative estimate of drug-likeness (QED) is 0.926. The molecular formula is C18H21FN4O2. The minimum absolute atomic E-state index is 0.194. The van der Waals surface area contributed by atoms with Gasteiger partial charge in [0.2, 0.25) is 5.60 Å². The minimum Gasteiger partial charge on any atom is -0.379 e. The lowest BCUT2D eigenvalue weighted by atomic mass is 9.94. The van der Waals surface area contributed by atoms with Crippen LogP contribution >= 0.6 is 0 Å². The third kappa shape index (κ3) is 3.01. The van der Waals surface area contributed by atoms with Gasteiger partial charge in [-0.25, -0.2) is 4.39 Å². The Balaban J connectivity index is 1.78. The molecule has 1 aromatic heterocycles. The number of anilines is 1. The monoisotopic (exact) mass is 344 g/mol. The smallest absolute Gasteiger partial charge is 0.271 e. The number of hydrogen-bond acceptors (Lipinski definition) is 4. The van der Waals surface area contributed by atoms with Crippen molar-refractivity contribution in [2.24, 2.45) is 5.16 Å². The second-order valence-corrected chi connectivity index (χ2v) is 6.33. The molecule has 1 N–H and O–H groups in total. The summed E-state index contributed by atoms with van der Waals surface area (Å²) in [5.41, 5.74) is 1.88. The predicted octanol–water partition coefficient (Wildman–Crippen LogP) is 3.18. The maximum absolute atomic E-state index is 13.9. The fourth-order valence-electron chi connectivity index (χ4n) is 2.93. The second-order valence-electron chi connectivity index (χ2n) is 6.33. The van der Waals surface area contributed by atoms with Crippen LogP contribution in [-0.2, 0) is 16.2 Å². The van der Waals surface area contributed by atoms with Gasteiger partial charge in [0.05, 0.1) is 22.8 Å². The van der Waals surface area contributed by atoms with Crippen LogP contribution in [0.4, 0.5) is 10.1 Å². The van der Waals surface area contributed by atoms with Crippen molar-refractivity contribution in [3.05, 3.63) is 47.0 Å². The number of hydrogen-bond donors (Lipinski definition) is 1. The summed E-state index contributed by atoms with van der Waals surface area (Å²) in [6.07, 6.45) is 0.194. The molecule has 1 unspecified atom stereocenters. The highest BCUT2D eigenvalue weighted by molar-refractivity contribution is 6.08. The van der Waals surface area contributed by atoms with Crippen LogP contribution in [-0.4, -0.2) is 27.0 Å². The van der Waals surface area contributed by atoms with Gasteiger partial charge >= 0.3 is 0 Å². The molecule has 1 aliphatic rings. The first kappa shape index (κ1) is 17.1. The molecule has 0 aliphatic carbocycles. The number of aromatic nitrogens is 2. The highest BCUT2D eigenvalue weighted by atomic mass is 19.1. The van der Waals surface area contributed by atoms with Crippen molar-refractivity contribution in [2.45, 2.75) is 46.3 Å². The summed E-state index contributed by atoms with van der Waals surface area (Å²) < 4.78 is 15.8. The second kappa shape index (κ2) is 6.31. The van der Waals surface area contributed by atoms with Crippen molar-refractivity contribution in [3.8, 4) is 0 Å². The zero-order valence-corrected chi connectivity index (χ0v) is 14.8. The average molecular weight is 344 g/mol. The van der Waals surface area contributed by atoms with Crippen molar-refractivity contribution in [1.82, 2.24) is 9.78 Å². The van der Waals surface area contributed by atoms with E-state index >= 15 is 0 Å².